The van der Waals surface area contributed by atoms with Crippen LogP contribution in [0.2, 0.25) is 0 Å². The van der Waals surface area contributed by atoms with Crippen LogP contribution < -0.4 is 10.6 Å². The summed E-state index contributed by atoms with van der Waals surface area (Å²) in [5.41, 5.74) is 1.38. The van der Waals surface area contributed by atoms with Crippen molar-refractivity contribution in [2.45, 2.75) is 33.7 Å². The van der Waals surface area contributed by atoms with Gasteiger partial charge in [0.15, 0.2) is 0 Å². The highest BCUT2D eigenvalue weighted by atomic mass is 32.1. The number of benzene rings is 1. The van der Waals surface area contributed by atoms with E-state index < -0.39 is 5.97 Å². The van der Waals surface area contributed by atoms with Crippen molar-refractivity contribution < 1.29 is 14.3 Å². The van der Waals surface area contributed by atoms with E-state index in [1.807, 2.05) is 37.3 Å². The van der Waals surface area contributed by atoms with Gasteiger partial charge in [0.2, 0.25) is 5.91 Å². The average molecular weight is 375 g/mol. The molecule has 1 amide bonds. The summed E-state index contributed by atoms with van der Waals surface area (Å²) in [6.07, 6.45) is 0. The van der Waals surface area contributed by atoms with Crippen LogP contribution in [0.5, 0.6) is 0 Å². The van der Waals surface area contributed by atoms with Gasteiger partial charge >= 0.3 is 5.97 Å². The maximum Gasteiger partial charge on any atom is 0.341 e. The number of hydrogen-bond acceptors (Lipinski definition) is 5. The summed E-state index contributed by atoms with van der Waals surface area (Å²) in [4.78, 5) is 25.7. The molecule has 0 bridgehead atoms. The van der Waals surface area contributed by atoms with E-state index in [1.54, 1.807) is 13.0 Å². The minimum Gasteiger partial charge on any atom is -0.462 e. The summed E-state index contributed by atoms with van der Waals surface area (Å²) in [6.45, 7) is 8.78. The predicted molar refractivity (Wildman–Crippen MR) is 107 cm³/mol. The first-order valence-corrected chi connectivity index (χ1v) is 9.64. The lowest BCUT2D eigenvalue weighted by Gasteiger charge is -2.15. The van der Waals surface area contributed by atoms with Crippen LogP contribution >= 0.6 is 11.3 Å². The molecule has 0 aliphatic heterocycles. The van der Waals surface area contributed by atoms with Crippen LogP contribution in [0, 0.1) is 5.92 Å². The zero-order valence-electron chi connectivity index (χ0n) is 15.7. The van der Waals surface area contributed by atoms with E-state index in [9.17, 15) is 9.59 Å². The van der Waals surface area contributed by atoms with Gasteiger partial charge in [-0.1, -0.05) is 44.2 Å². The third kappa shape index (κ3) is 5.41. The lowest BCUT2D eigenvalue weighted by atomic mass is 10.1. The van der Waals surface area contributed by atoms with Crippen LogP contribution in [-0.2, 0) is 9.53 Å². The molecule has 26 heavy (non-hydrogen) atoms. The topological polar surface area (TPSA) is 67.4 Å². The highest BCUT2D eigenvalue weighted by molar-refractivity contribution is 7.20. The van der Waals surface area contributed by atoms with E-state index in [2.05, 4.69) is 24.5 Å². The van der Waals surface area contributed by atoms with Crippen molar-refractivity contribution in [3.8, 4) is 10.4 Å². The number of amides is 1. The van der Waals surface area contributed by atoms with Gasteiger partial charge in [0, 0.05) is 4.88 Å². The number of ether oxygens (including phenoxy) is 1. The summed E-state index contributed by atoms with van der Waals surface area (Å²) in [7, 11) is 0. The third-order valence-electron chi connectivity index (χ3n) is 3.75. The summed E-state index contributed by atoms with van der Waals surface area (Å²) in [5.74, 6) is -0.145. The molecule has 1 aromatic heterocycles. The largest absolute Gasteiger partial charge is 0.462 e. The molecule has 5 nitrogen and oxygen atoms in total. The molecule has 2 aromatic rings. The zero-order chi connectivity index (χ0) is 19.1. The van der Waals surface area contributed by atoms with Gasteiger partial charge in [0.25, 0.3) is 0 Å². The maximum atomic E-state index is 12.5. The van der Waals surface area contributed by atoms with Gasteiger partial charge in [0.05, 0.1) is 18.2 Å². The van der Waals surface area contributed by atoms with Crippen molar-refractivity contribution in [2.24, 2.45) is 5.92 Å². The number of thiophene rings is 1. The Bertz CT molecular complexity index is 741. The number of esters is 1. The average Bonchev–Trinajstić information content (AvgIpc) is 3.04. The molecular formula is C20H26N2O3S. The molecule has 1 atom stereocenters. The molecule has 140 valence electrons. The SMILES string of the molecule is CCOC(=O)c1cc(-c2ccccc2)sc1NC(=O)C(C)NCC(C)C. The smallest absolute Gasteiger partial charge is 0.341 e. The van der Waals surface area contributed by atoms with Crippen LogP contribution in [-0.4, -0.2) is 31.1 Å². The van der Waals surface area contributed by atoms with E-state index in [0.29, 0.717) is 16.5 Å². The second-order valence-corrected chi connectivity index (χ2v) is 7.51. The van der Waals surface area contributed by atoms with Crippen molar-refractivity contribution in [3.63, 3.8) is 0 Å². The molecule has 1 aromatic carbocycles. The lowest BCUT2D eigenvalue weighted by Crippen LogP contribution is -2.39. The molecule has 2 rings (SSSR count). The molecule has 0 aliphatic carbocycles. The quantitative estimate of drug-likeness (QED) is 0.681. The first kappa shape index (κ1) is 20.1. The molecular weight excluding hydrogens is 348 g/mol. The standard InChI is InChI=1S/C20H26N2O3S/c1-5-25-20(24)16-11-17(15-9-7-6-8-10-15)26-19(16)22-18(23)14(4)21-12-13(2)3/h6-11,13-14,21H,5,12H2,1-4H3,(H,22,23). The highest BCUT2D eigenvalue weighted by Gasteiger charge is 2.21. The molecule has 6 heteroatoms. The number of carbonyl (C=O) groups is 2. The Morgan fingerprint density at radius 1 is 1.15 bits per heavy atom. The normalized spacial score (nSPS) is 12.0. The van der Waals surface area contributed by atoms with Crippen LogP contribution in [0.25, 0.3) is 10.4 Å². The maximum absolute atomic E-state index is 12.5. The molecule has 0 aliphatic rings. The molecule has 0 fully saturated rings. The Labute approximate surface area is 158 Å². The second-order valence-electron chi connectivity index (χ2n) is 6.45. The van der Waals surface area contributed by atoms with E-state index >= 15 is 0 Å². The minimum absolute atomic E-state index is 0.169. The second kappa shape index (κ2) is 9.50. The Morgan fingerprint density at radius 3 is 2.46 bits per heavy atom. The summed E-state index contributed by atoms with van der Waals surface area (Å²) >= 11 is 1.38. The monoisotopic (exact) mass is 374 g/mol. The molecule has 1 heterocycles. The number of carbonyl (C=O) groups excluding carboxylic acids is 2. The van der Waals surface area contributed by atoms with Gasteiger partial charge in [-0.2, -0.15) is 0 Å². The van der Waals surface area contributed by atoms with Gasteiger partial charge in [0.1, 0.15) is 5.00 Å². The van der Waals surface area contributed by atoms with Crippen LogP contribution in [0.3, 0.4) is 0 Å². The first-order valence-electron chi connectivity index (χ1n) is 8.83. The van der Waals surface area contributed by atoms with E-state index in [0.717, 1.165) is 17.0 Å². The molecule has 0 saturated heterocycles. The van der Waals surface area contributed by atoms with E-state index in [4.69, 9.17) is 4.74 Å². The van der Waals surface area contributed by atoms with Gasteiger partial charge in [-0.05, 0) is 37.9 Å². The van der Waals surface area contributed by atoms with Crippen molar-refractivity contribution >= 4 is 28.2 Å². The Balaban J connectivity index is 2.23. The number of rotatable bonds is 8. The fourth-order valence-corrected chi connectivity index (χ4v) is 3.37. The Kier molecular flexibility index (Phi) is 7.36. The highest BCUT2D eigenvalue weighted by Crippen LogP contribution is 2.36. The molecule has 0 spiro atoms. The lowest BCUT2D eigenvalue weighted by molar-refractivity contribution is -0.117. The fourth-order valence-electron chi connectivity index (χ4n) is 2.31. The molecule has 2 N–H and O–H groups in total. The van der Waals surface area contributed by atoms with Gasteiger partial charge < -0.3 is 15.4 Å². The zero-order valence-corrected chi connectivity index (χ0v) is 16.5. The minimum atomic E-state index is -0.427. The van der Waals surface area contributed by atoms with Gasteiger partial charge in [-0.15, -0.1) is 11.3 Å². The molecule has 0 radical (unpaired) electrons. The van der Waals surface area contributed by atoms with E-state index in [1.165, 1.54) is 11.3 Å². The summed E-state index contributed by atoms with van der Waals surface area (Å²) in [6, 6.07) is 11.2. The third-order valence-corrected chi connectivity index (χ3v) is 4.85. The van der Waals surface area contributed by atoms with Crippen molar-refractivity contribution in [1.29, 1.82) is 0 Å². The molecule has 0 saturated carbocycles. The summed E-state index contributed by atoms with van der Waals surface area (Å²) in [5, 5.41) is 6.59. The molecule has 1 unspecified atom stereocenters. The van der Waals surface area contributed by atoms with E-state index in [-0.39, 0.29) is 18.6 Å². The predicted octanol–water partition coefficient (Wildman–Crippen LogP) is 4.16. The number of nitrogens with one attached hydrogen (secondary N) is 2. The summed E-state index contributed by atoms with van der Waals surface area (Å²) < 4.78 is 5.14. The Hall–Kier alpha value is -2.18. The fraction of sp³-hybridized carbons (Fsp3) is 0.400. The number of hydrogen-bond donors (Lipinski definition) is 2. The first-order chi connectivity index (χ1) is 12.4. The number of anilines is 1. The van der Waals surface area contributed by atoms with Crippen molar-refractivity contribution in [2.75, 3.05) is 18.5 Å². The van der Waals surface area contributed by atoms with Crippen LogP contribution in [0.15, 0.2) is 36.4 Å². The van der Waals surface area contributed by atoms with Crippen LogP contribution in [0.1, 0.15) is 38.1 Å². The van der Waals surface area contributed by atoms with Gasteiger partial charge in [-0.3, -0.25) is 4.79 Å². The van der Waals surface area contributed by atoms with Crippen molar-refractivity contribution in [1.82, 2.24) is 5.32 Å². The Morgan fingerprint density at radius 2 is 1.85 bits per heavy atom. The van der Waals surface area contributed by atoms with Gasteiger partial charge in [-0.25, -0.2) is 4.79 Å². The van der Waals surface area contributed by atoms with Crippen LogP contribution in [0.4, 0.5) is 5.00 Å². The van der Waals surface area contributed by atoms with Crippen molar-refractivity contribution in [3.05, 3.63) is 42.0 Å².